The molecule has 25 heavy (non-hydrogen) atoms. The van der Waals surface area contributed by atoms with Crippen LogP contribution in [0.25, 0.3) is 0 Å². The van der Waals surface area contributed by atoms with Crippen LogP contribution in [0.4, 0.5) is 5.69 Å². The predicted octanol–water partition coefficient (Wildman–Crippen LogP) is 3.17. The van der Waals surface area contributed by atoms with Gasteiger partial charge in [0.2, 0.25) is 5.91 Å². The Labute approximate surface area is 154 Å². The average molecular weight is 358 g/mol. The maximum atomic E-state index is 12.4. The third-order valence-electron chi connectivity index (χ3n) is 4.72. The first kappa shape index (κ1) is 17.8. The van der Waals surface area contributed by atoms with Gasteiger partial charge in [0.1, 0.15) is 0 Å². The van der Waals surface area contributed by atoms with Gasteiger partial charge in [-0.15, -0.1) is 0 Å². The summed E-state index contributed by atoms with van der Waals surface area (Å²) in [6.07, 6.45) is 0. The molecule has 1 N–H and O–H groups in total. The topological polar surface area (TPSA) is 35.6 Å². The van der Waals surface area contributed by atoms with E-state index >= 15 is 0 Å². The van der Waals surface area contributed by atoms with Crippen LogP contribution in [-0.2, 0) is 11.3 Å². The van der Waals surface area contributed by atoms with Crippen molar-refractivity contribution in [3.8, 4) is 0 Å². The van der Waals surface area contributed by atoms with Gasteiger partial charge in [0.25, 0.3) is 0 Å². The minimum atomic E-state index is -0.120. The number of nitrogens with zero attached hydrogens (tertiary/aromatic N) is 2. The summed E-state index contributed by atoms with van der Waals surface area (Å²) in [6.45, 7) is 6.09. The molecule has 1 fully saturated rings. The van der Waals surface area contributed by atoms with Crippen LogP contribution in [0.2, 0.25) is 5.02 Å². The summed E-state index contributed by atoms with van der Waals surface area (Å²) in [7, 11) is 0. The minimum absolute atomic E-state index is 0.0834. The van der Waals surface area contributed by atoms with Gasteiger partial charge in [-0.2, -0.15) is 0 Å². The van der Waals surface area contributed by atoms with E-state index in [0.717, 1.165) is 42.5 Å². The van der Waals surface area contributed by atoms with Gasteiger partial charge in [0.05, 0.1) is 6.04 Å². The summed E-state index contributed by atoms with van der Waals surface area (Å²) in [6, 6.07) is 17.8. The van der Waals surface area contributed by atoms with E-state index in [1.54, 1.807) is 0 Å². The third kappa shape index (κ3) is 4.74. The van der Waals surface area contributed by atoms with Crippen molar-refractivity contribution < 1.29 is 4.79 Å². The lowest BCUT2D eigenvalue weighted by Gasteiger charge is -2.38. The summed E-state index contributed by atoms with van der Waals surface area (Å²) in [5.41, 5.74) is 2.27. The van der Waals surface area contributed by atoms with Crippen LogP contribution in [0, 0.1) is 0 Å². The number of rotatable bonds is 5. The molecule has 0 spiro atoms. The van der Waals surface area contributed by atoms with Crippen LogP contribution in [0.1, 0.15) is 12.5 Å². The van der Waals surface area contributed by atoms with Gasteiger partial charge in [-0.05, 0) is 30.7 Å². The highest BCUT2D eigenvalue weighted by atomic mass is 35.5. The van der Waals surface area contributed by atoms with Crippen LogP contribution < -0.4 is 10.2 Å². The molecule has 1 saturated heterocycles. The molecule has 0 aromatic heterocycles. The number of benzene rings is 2. The highest BCUT2D eigenvalue weighted by molar-refractivity contribution is 6.30. The number of amides is 1. The van der Waals surface area contributed by atoms with Crippen LogP contribution in [0.3, 0.4) is 0 Å². The smallest absolute Gasteiger partial charge is 0.237 e. The summed E-state index contributed by atoms with van der Waals surface area (Å²) in [5, 5.41) is 3.79. The third-order valence-corrected chi connectivity index (χ3v) is 4.96. The second-order valence-electron chi connectivity index (χ2n) is 6.38. The van der Waals surface area contributed by atoms with Gasteiger partial charge in [-0.1, -0.05) is 48.0 Å². The molecule has 0 saturated carbocycles. The molecule has 0 unspecified atom stereocenters. The molecular formula is C20H24ClN3O. The molecule has 1 aliphatic heterocycles. The Bertz CT molecular complexity index is 699. The summed E-state index contributed by atoms with van der Waals surface area (Å²) in [4.78, 5) is 17.0. The Balaban J connectivity index is 1.49. The Kier molecular flexibility index (Phi) is 5.95. The van der Waals surface area contributed by atoms with Gasteiger partial charge >= 0.3 is 0 Å². The van der Waals surface area contributed by atoms with E-state index in [-0.39, 0.29) is 11.9 Å². The van der Waals surface area contributed by atoms with Gasteiger partial charge in [-0.25, -0.2) is 0 Å². The molecular weight excluding hydrogens is 334 g/mol. The van der Waals surface area contributed by atoms with E-state index in [0.29, 0.717) is 6.54 Å². The minimum Gasteiger partial charge on any atom is -0.369 e. The molecule has 2 aromatic carbocycles. The Hall–Kier alpha value is -2.04. The number of carbonyl (C=O) groups is 1. The molecule has 1 aliphatic rings. The molecule has 0 bridgehead atoms. The van der Waals surface area contributed by atoms with Crippen molar-refractivity contribution in [1.29, 1.82) is 0 Å². The van der Waals surface area contributed by atoms with E-state index in [9.17, 15) is 4.79 Å². The van der Waals surface area contributed by atoms with Crippen LogP contribution in [0.5, 0.6) is 0 Å². The number of nitrogens with one attached hydrogen (secondary N) is 1. The van der Waals surface area contributed by atoms with E-state index < -0.39 is 0 Å². The standard InChI is InChI=1S/C20H24ClN3O/c1-16(20(25)22-15-17-6-3-2-4-7-17)23-10-12-24(13-11-23)19-9-5-8-18(21)14-19/h2-9,14,16H,10-13,15H2,1H3,(H,22,25)/t16-/m1/s1. The zero-order chi connectivity index (χ0) is 17.6. The lowest BCUT2D eigenvalue weighted by molar-refractivity contribution is -0.126. The van der Waals surface area contributed by atoms with E-state index in [4.69, 9.17) is 11.6 Å². The number of piperazine rings is 1. The van der Waals surface area contributed by atoms with Crippen molar-refractivity contribution in [2.45, 2.75) is 19.5 Å². The van der Waals surface area contributed by atoms with Crippen molar-refractivity contribution in [3.05, 3.63) is 65.2 Å². The molecule has 1 atom stereocenters. The first-order valence-electron chi connectivity index (χ1n) is 8.70. The number of hydrogen-bond acceptors (Lipinski definition) is 3. The number of hydrogen-bond donors (Lipinski definition) is 1. The number of halogens is 1. The van der Waals surface area contributed by atoms with Crippen molar-refractivity contribution in [3.63, 3.8) is 0 Å². The molecule has 4 nitrogen and oxygen atoms in total. The zero-order valence-corrected chi connectivity index (χ0v) is 15.2. The number of carbonyl (C=O) groups excluding carboxylic acids is 1. The Morgan fingerprint density at radius 3 is 2.48 bits per heavy atom. The fraction of sp³-hybridized carbons (Fsp3) is 0.350. The fourth-order valence-electron chi connectivity index (χ4n) is 3.14. The molecule has 5 heteroatoms. The van der Waals surface area contributed by atoms with Crippen molar-refractivity contribution >= 4 is 23.2 Å². The molecule has 132 valence electrons. The van der Waals surface area contributed by atoms with E-state index in [2.05, 4.69) is 21.2 Å². The zero-order valence-electron chi connectivity index (χ0n) is 14.5. The second kappa shape index (κ2) is 8.37. The number of anilines is 1. The van der Waals surface area contributed by atoms with Crippen molar-refractivity contribution in [2.24, 2.45) is 0 Å². The normalized spacial score (nSPS) is 16.5. The highest BCUT2D eigenvalue weighted by Crippen LogP contribution is 2.21. The maximum absolute atomic E-state index is 12.4. The lowest BCUT2D eigenvalue weighted by atomic mass is 10.2. The first-order chi connectivity index (χ1) is 12.1. The molecule has 0 aliphatic carbocycles. The fourth-order valence-corrected chi connectivity index (χ4v) is 3.32. The quantitative estimate of drug-likeness (QED) is 0.892. The predicted molar refractivity (Wildman–Crippen MR) is 103 cm³/mol. The van der Waals surface area contributed by atoms with Crippen LogP contribution in [-0.4, -0.2) is 43.0 Å². The molecule has 3 rings (SSSR count). The summed E-state index contributed by atoms with van der Waals surface area (Å²) in [5.74, 6) is 0.0834. The summed E-state index contributed by atoms with van der Waals surface area (Å²) >= 11 is 6.08. The van der Waals surface area contributed by atoms with Crippen molar-refractivity contribution in [1.82, 2.24) is 10.2 Å². The van der Waals surface area contributed by atoms with Crippen LogP contribution in [0.15, 0.2) is 54.6 Å². The summed E-state index contributed by atoms with van der Waals surface area (Å²) < 4.78 is 0. The monoisotopic (exact) mass is 357 g/mol. The molecule has 2 aromatic rings. The largest absolute Gasteiger partial charge is 0.369 e. The van der Waals surface area contributed by atoms with Gasteiger partial charge < -0.3 is 10.2 Å². The first-order valence-corrected chi connectivity index (χ1v) is 9.07. The average Bonchev–Trinajstić information content (AvgIpc) is 2.66. The Morgan fingerprint density at radius 2 is 1.80 bits per heavy atom. The molecule has 1 amide bonds. The lowest BCUT2D eigenvalue weighted by Crippen LogP contribution is -2.53. The van der Waals surface area contributed by atoms with E-state index in [1.807, 2.05) is 55.5 Å². The highest BCUT2D eigenvalue weighted by Gasteiger charge is 2.25. The molecule has 1 heterocycles. The molecule has 0 radical (unpaired) electrons. The van der Waals surface area contributed by atoms with E-state index in [1.165, 1.54) is 0 Å². The Morgan fingerprint density at radius 1 is 1.08 bits per heavy atom. The SMILES string of the molecule is C[C@H](C(=O)NCc1ccccc1)N1CCN(c2cccc(Cl)c2)CC1. The van der Waals surface area contributed by atoms with Gasteiger partial charge in [0, 0.05) is 43.4 Å². The maximum Gasteiger partial charge on any atom is 0.237 e. The second-order valence-corrected chi connectivity index (χ2v) is 6.82. The van der Waals surface area contributed by atoms with Crippen LogP contribution >= 0.6 is 11.6 Å². The van der Waals surface area contributed by atoms with Crippen molar-refractivity contribution in [2.75, 3.05) is 31.1 Å². The van der Waals surface area contributed by atoms with Gasteiger partial charge in [-0.3, -0.25) is 9.69 Å². The van der Waals surface area contributed by atoms with Gasteiger partial charge in [0.15, 0.2) is 0 Å².